The minimum absolute atomic E-state index is 0.193. The fraction of sp³-hybridized carbons (Fsp3) is 0.350. The molecule has 3 aromatic rings. The van der Waals surface area contributed by atoms with Gasteiger partial charge in [0, 0.05) is 14.5 Å². The first kappa shape index (κ1) is 16.8. The molecule has 0 spiro atoms. The molecule has 1 atom stereocenters. The number of thiophene rings is 2. The topological polar surface area (TPSA) is 40.5 Å². The number of carboxylic acids is 1. The number of carboxylic acid groups (broad SMARTS) is 1. The van der Waals surface area contributed by atoms with Gasteiger partial charge in [-0.3, -0.25) is 9.69 Å². The number of likely N-dealkylation sites (tertiary alicyclic amines) is 1. The number of benzene rings is 1. The Morgan fingerprint density at radius 2 is 1.96 bits per heavy atom. The molecule has 3 nitrogen and oxygen atoms in total. The molecule has 1 aliphatic heterocycles. The summed E-state index contributed by atoms with van der Waals surface area (Å²) in [6.45, 7) is 3.82. The Hall–Kier alpha value is -1.69. The zero-order valence-electron chi connectivity index (χ0n) is 14.1. The molecule has 1 saturated heterocycles. The third kappa shape index (κ3) is 3.24. The van der Waals surface area contributed by atoms with Gasteiger partial charge in [0.1, 0.15) is 0 Å². The first-order valence-corrected chi connectivity index (χ1v) is 10.3. The molecule has 25 heavy (non-hydrogen) atoms. The van der Waals surface area contributed by atoms with Crippen molar-refractivity contribution in [2.45, 2.75) is 25.8 Å². The summed E-state index contributed by atoms with van der Waals surface area (Å²) in [6.07, 6.45) is 1.47. The number of aliphatic carboxylic acids is 1. The molecule has 2 aromatic heterocycles. The van der Waals surface area contributed by atoms with Gasteiger partial charge in [-0.15, -0.1) is 22.7 Å². The molecule has 0 radical (unpaired) electrons. The Balaban J connectivity index is 1.72. The first-order chi connectivity index (χ1) is 12.1. The summed E-state index contributed by atoms with van der Waals surface area (Å²) in [5, 5.41) is 12.9. The molecule has 0 bridgehead atoms. The van der Waals surface area contributed by atoms with Crippen molar-refractivity contribution < 1.29 is 9.90 Å². The van der Waals surface area contributed by atoms with Crippen LogP contribution < -0.4 is 0 Å². The Morgan fingerprint density at radius 3 is 2.64 bits per heavy atom. The maximum Gasteiger partial charge on any atom is 0.306 e. The van der Waals surface area contributed by atoms with E-state index in [0.29, 0.717) is 0 Å². The summed E-state index contributed by atoms with van der Waals surface area (Å²) in [5.41, 5.74) is 1.36. The molecule has 130 valence electrons. The summed E-state index contributed by atoms with van der Waals surface area (Å²) in [6, 6.07) is 13.2. The van der Waals surface area contributed by atoms with Gasteiger partial charge in [0.2, 0.25) is 0 Å². The molecule has 3 heterocycles. The van der Waals surface area contributed by atoms with E-state index in [1.165, 1.54) is 25.4 Å². The second-order valence-corrected chi connectivity index (χ2v) is 8.92. The fourth-order valence-electron chi connectivity index (χ4n) is 3.74. The highest BCUT2D eigenvalue weighted by molar-refractivity contribution is 7.17. The molecule has 1 unspecified atom stereocenters. The molecule has 1 aliphatic rings. The van der Waals surface area contributed by atoms with Crippen molar-refractivity contribution in [3.8, 4) is 0 Å². The van der Waals surface area contributed by atoms with Crippen molar-refractivity contribution in [2.75, 3.05) is 13.1 Å². The number of nitrogens with zero attached hydrogens (tertiary/aromatic N) is 1. The van der Waals surface area contributed by atoms with Gasteiger partial charge in [0.15, 0.2) is 0 Å². The molecular weight excluding hydrogens is 350 g/mol. The van der Waals surface area contributed by atoms with Gasteiger partial charge in [-0.1, -0.05) is 18.2 Å². The fourth-order valence-corrected chi connectivity index (χ4v) is 5.76. The highest BCUT2D eigenvalue weighted by Crippen LogP contribution is 2.41. The summed E-state index contributed by atoms with van der Waals surface area (Å²) >= 11 is 3.65. The van der Waals surface area contributed by atoms with Gasteiger partial charge in [-0.2, -0.15) is 0 Å². The Labute approximate surface area is 155 Å². The van der Waals surface area contributed by atoms with E-state index in [1.54, 1.807) is 11.3 Å². The number of hydrogen-bond acceptors (Lipinski definition) is 4. The number of rotatable bonds is 4. The zero-order valence-corrected chi connectivity index (χ0v) is 15.8. The van der Waals surface area contributed by atoms with Crippen LogP contribution in [0.15, 0.2) is 41.8 Å². The molecule has 0 aliphatic carbocycles. The lowest BCUT2D eigenvalue weighted by Crippen LogP contribution is -2.38. The van der Waals surface area contributed by atoms with Crippen LogP contribution in [0.4, 0.5) is 0 Å². The largest absolute Gasteiger partial charge is 0.481 e. The van der Waals surface area contributed by atoms with E-state index in [1.807, 2.05) is 11.3 Å². The van der Waals surface area contributed by atoms with Crippen molar-refractivity contribution in [2.24, 2.45) is 5.92 Å². The lowest BCUT2D eigenvalue weighted by atomic mass is 9.93. The van der Waals surface area contributed by atoms with Crippen LogP contribution in [0, 0.1) is 12.8 Å². The van der Waals surface area contributed by atoms with Gasteiger partial charge in [-0.05, 0) is 67.4 Å². The molecule has 1 N–H and O–H groups in total. The predicted molar refractivity (Wildman–Crippen MR) is 105 cm³/mol. The first-order valence-electron chi connectivity index (χ1n) is 8.63. The summed E-state index contributed by atoms with van der Waals surface area (Å²) in [7, 11) is 0. The predicted octanol–water partition coefficient (Wildman–Crippen LogP) is 5.16. The van der Waals surface area contributed by atoms with Crippen LogP contribution in [-0.2, 0) is 4.79 Å². The van der Waals surface area contributed by atoms with Gasteiger partial charge < -0.3 is 5.11 Å². The maximum absolute atomic E-state index is 11.3. The molecule has 4 rings (SSSR count). The Kier molecular flexibility index (Phi) is 4.63. The van der Waals surface area contributed by atoms with Crippen LogP contribution in [0.2, 0.25) is 0 Å². The number of aryl methyl sites for hydroxylation is 1. The molecule has 0 amide bonds. The Morgan fingerprint density at radius 1 is 1.20 bits per heavy atom. The van der Waals surface area contributed by atoms with Crippen molar-refractivity contribution >= 4 is 38.7 Å². The molecule has 0 saturated carbocycles. The SMILES string of the molecule is Cc1ccc(C(c2csc3ccccc23)N2CCC(C(=O)O)CC2)s1. The second-order valence-electron chi connectivity index (χ2n) is 6.69. The van der Waals surface area contributed by atoms with E-state index in [-0.39, 0.29) is 12.0 Å². The highest BCUT2D eigenvalue weighted by Gasteiger charge is 2.31. The normalized spacial score (nSPS) is 17.8. The van der Waals surface area contributed by atoms with Gasteiger partial charge in [-0.25, -0.2) is 0 Å². The molecule has 1 aromatic carbocycles. The molecular formula is C20H21NO2S2. The summed E-state index contributed by atoms with van der Waals surface area (Å²) < 4.78 is 1.32. The van der Waals surface area contributed by atoms with E-state index < -0.39 is 5.97 Å². The minimum atomic E-state index is -0.649. The summed E-state index contributed by atoms with van der Waals surface area (Å²) in [5.74, 6) is -0.842. The lowest BCUT2D eigenvalue weighted by Gasteiger charge is -2.36. The van der Waals surface area contributed by atoms with Gasteiger partial charge >= 0.3 is 5.97 Å². The van der Waals surface area contributed by atoms with Gasteiger partial charge in [0.05, 0.1) is 12.0 Å². The quantitative estimate of drug-likeness (QED) is 0.689. The number of fused-ring (bicyclic) bond motifs is 1. The van der Waals surface area contributed by atoms with E-state index >= 15 is 0 Å². The van der Waals surface area contributed by atoms with E-state index in [4.69, 9.17) is 0 Å². The second kappa shape index (κ2) is 6.90. The van der Waals surface area contributed by atoms with Crippen LogP contribution in [-0.4, -0.2) is 29.1 Å². The smallest absolute Gasteiger partial charge is 0.306 e. The summed E-state index contributed by atoms with van der Waals surface area (Å²) in [4.78, 5) is 16.4. The monoisotopic (exact) mass is 371 g/mol. The third-order valence-corrected chi connectivity index (χ3v) is 7.11. The third-order valence-electron chi connectivity index (χ3n) is 5.08. The number of hydrogen-bond donors (Lipinski definition) is 1. The van der Waals surface area contributed by atoms with Crippen molar-refractivity contribution in [1.29, 1.82) is 0 Å². The van der Waals surface area contributed by atoms with Crippen LogP contribution in [0.1, 0.15) is 34.2 Å². The van der Waals surface area contributed by atoms with Crippen LogP contribution in [0.5, 0.6) is 0 Å². The van der Waals surface area contributed by atoms with Crippen LogP contribution in [0.25, 0.3) is 10.1 Å². The van der Waals surface area contributed by atoms with E-state index in [0.717, 1.165) is 25.9 Å². The number of piperidine rings is 1. The van der Waals surface area contributed by atoms with Gasteiger partial charge in [0.25, 0.3) is 0 Å². The average molecular weight is 372 g/mol. The maximum atomic E-state index is 11.3. The van der Waals surface area contributed by atoms with Crippen LogP contribution in [0.3, 0.4) is 0 Å². The average Bonchev–Trinajstić information content (AvgIpc) is 3.23. The lowest BCUT2D eigenvalue weighted by molar-refractivity contribution is -0.143. The molecule has 1 fully saturated rings. The number of carbonyl (C=O) groups is 1. The van der Waals surface area contributed by atoms with Crippen molar-refractivity contribution in [1.82, 2.24) is 4.90 Å². The van der Waals surface area contributed by atoms with E-state index in [9.17, 15) is 9.90 Å². The zero-order chi connectivity index (χ0) is 17.4. The standard InChI is InChI=1S/C20H21NO2S2/c1-13-6-7-18(25-13)19(21-10-8-14(9-11-21)20(22)23)16-12-24-17-5-3-2-4-15(16)17/h2-7,12,14,19H,8-11H2,1H3,(H,22,23). The van der Waals surface area contributed by atoms with Crippen LogP contribution >= 0.6 is 22.7 Å². The van der Waals surface area contributed by atoms with E-state index in [2.05, 4.69) is 53.6 Å². The van der Waals surface area contributed by atoms with Crippen molar-refractivity contribution in [3.63, 3.8) is 0 Å². The minimum Gasteiger partial charge on any atom is -0.481 e. The molecule has 5 heteroatoms. The Bertz CT molecular complexity index is 890. The highest BCUT2D eigenvalue weighted by atomic mass is 32.1. The van der Waals surface area contributed by atoms with Crippen molar-refractivity contribution in [3.05, 3.63) is 57.1 Å².